The first-order valence-electron chi connectivity index (χ1n) is 3.42. The average Bonchev–Trinajstić information content (AvgIpc) is 2.38. The first-order valence-corrected chi connectivity index (χ1v) is 6.21. The summed E-state index contributed by atoms with van der Waals surface area (Å²) >= 11 is 3.57. The molecule has 0 bridgehead atoms. The van der Waals surface area contributed by atoms with Gasteiger partial charge in [0.15, 0.2) is 0 Å². The molecule has 0 unspecified atom stereocenters. The van der Waals surface area contributed by atoms with E-state index in [9.17, 15) is 0 Å². The van der Waals surface area contributed by atoms with Crippen molar-refractivity contribution in [1.29, 1.82) is 0 Å². The van der Waals surface area contributed by atoms with E-state index >= 15 is 0 Å². The van der Waals surface area contributed by atoms with Crippen molar-refractivity contribution in [2.75, 3.05) is 12.5 Å². The van der Waals surface area contributed by atoms with Gasteiger partial charge in [-0.25, -0.2) is 0 Å². The lowest BCUT2D eigenvalue weighted by Crippen LogP contribution is -1.73. The lowest BCUT2D eigenvalue weighted by Gasteiger charge is -1.91. The molecule has 3 heteroatoms. The highest BCUT2D eigenvalue weighted by Crippen LogP contribution is 2.16. The Bertz CT molecular complexity index is 187. The minimum absolute atomic E-state index is 0.981. The minimum atomic E-state index is 0.981. The molecule has 0 aliphatic heterocycles. The van der Waals surface area contributed by atoms with Crippen molar-refractivity contribution in [3.05, 3.63) is 23.7 Å². The highest BCUT2D eigenvalue weighted by molar-refractivity contribution is 7.98. The molecule has 1 aromatic heterocycles. The maximum Gasteiger partial charge on any atom is 0.114 e. The Hall–Kier alpha value is -0.0200. The Kier molecular flexibility index (Phi) is 3.94. The van der Waals surface area contributed by atoms with Gasteiger partial charge >= 0.3 is 0 Å². The van der Waals surface area contributed by atoms with Crippen LogP contribution in [0.1, 0.15) is 11.5 Å². The second-order valence-corrected chi connectivity index (χ2v) is 3.97. The molecule has 62 valence electrons. The topological polar surface area (TPSA) is 13.1 Å². The molecular formula is C8H12OS2. The first-order chi connectivity index (χ1) is 5.36. The van der Waals surface area contributed by atoms with Gasteiger partial charge < -0.3 is 4.42 Å². The lowest BCUT2D eigenvalue weighted by molar-refractivity contribution is 0.498. The number of hydrogen-bond acceptors (Lipinski definition) is 3. The molecule has 0 radical (unpaired) electrons. The van der Waals surface area contributed by atoms with Crippen molar-refractivity contribution in [2.24, 2.45) is 0 Å². The molecular weight excluding hydrogens is 176 g/mol. The van der Waals surface area contributed by atoms with E-state index in [0.717, 1.165) is 23.0 Å². The second kappa shape index (κ2) is 4.78. The van der Waals surface area contributed by atoms with Crippen molar-refractivity contribution in [2.45, 2.75) is 11.5 Å². The predicted molar refractivity (Wildman–Crippen MR) is 53.1 cm³/mol. The summed E-state index contributed by atoms with van der Waals surface area (Å²) < 4.78 is 5.52. The molecule has 0 aromatic carbocycles. The molecule has 0 saturated heterocycles. The van der Waals surface area contributed by atoms with Crippen LogP contribution >= 0.6 is 23.5 Å². The fourth-order valence-corrected chi connectivity index (χ4v) is 1.74. The Morgan fingerprint density at radius 1 is 1.09 bits per heavy atom. The normalized spacial score (nSPS) is 10.4. The average molecular weight is 188 g/mol. The van der Waals surface area contributed by atoms with Gasteiger partial charge in [-0.05, 0) is 24.6 Å². The van der Waals surface area contributed by atoms with E-state index < -0.39 is 0 Å². The standard InChI is InChI=1S/C8H12OS2/c1-10-5-7-3-4-8(9-7)6-11-2/h3-4H,5-6H2,1-2H3. The third-order valence-electron chi connectivity index (χ3n) is 1.29. The quantitative estimate of drug-likeness (QED) is 0.721. The smallest absolute Gasteiger partial charge is 0.114 e. The lowest BCUT2D eigenvalue weighted by atomic mass is 10.5. The molecule has 11 heavy (non-hydrogen) atoms. The summed E-state index contributed by atoms with van der Waals surface area (Å²) in [6, 6.07) is 4.12. The van der Waals surface area contributed by atoms with Crippen LogP contribution in [0.5, 0.6) is 0 Å². The van der Waals surface area contributed by atoms with Crippen molar-refractivity contribution < 1.29 is 4.42 Å². The van der Waals surface area contributed by atoms with Crippen molar-refractivity contribution in [3.63, 3.8) is 0 Å². The van der Waals surface area contributed by atoms with Crippen LogP contribution in [-0.4, -0.2) is 12.5 Å². The van der Waals surface area contributed by atoms with Gasteiger partial charge in [0.2, 0.25) is 0 Å². The fraction of sp³-hybridized carbons (Fsp3) is 0.500. The van der Waals surface area contributed by atoms with Gasteiger partial charge in [-0.3, -0.25) is 0 Å². The third kappa shape index (κ3) is 2.83. The molecule has 0 aliphatic rings. The molecule has 0 fully saturated rings. The van der Waals surface area contributed by atoms with E-state index in [0.29, 0.717) is 0 Å². The summed E-state index contributed by atoms with van der Waals surface area (Å²) in [7, 11) is 0. The molecule has 1 aromatic rings. The monoisotopic (exact) mass is 188 g/mol. The SMILES string of the molecule is CSCc1ccc(CSC)o1. The number of hydrogen-bond donors (Lipinski definition) is 0. The molecule has 1 heterocycles. The number of rotatable bonds is 4. The Morgan fingerprint density at radius 2 is 1.55 bits per heavy atom. The van der Waals surface area contributed by atoms with Crippen LogP contribution < -0.4 is 0 Å². The van der Waals surface area contributed by atoms with Crippen LogP contribution in [0, 0.1) is 0 Å². The molecule has 0 N–H and O–H groups in total. The van der Waals surface area contributed by atoms with Gasteiger partial charge in [-0.1, -0.05) is 0 Å². The molecule has 1 nitrogen and oxygen atoms in total. The van der Waals surface area contributed by atoms with Crippen LogP contribution in [0.25, 0.3) is 0 Å². The zero-order chi connectivity index (χ0) is 8.10. The summed E-state index contributed by atoms with van der Waals surface area (Å²) in [6.45, 7) is 0. The molecule has 0 aliphatic carbocycles. The van der Waals surface area contributed by atoms with E-state index in [2.05, 4.69) is 24.6 Å². The van der Waals surface area contributed by atoms with Crippen LogP contribution in [0.15, 0.2) is 16.5 Å². The van der Waals surface area contributed by atoms with Gasteiger partial charge in [0.25, 0.3) is 0 Å². The van der Waals surface area contributed by atoms with Crippen molar-refractivity contribution in [1.82, 2.24) is 0 Å². The first kappa shape index (κ1) is 9.07. The minimum Gasteiger partial charge on any atom is -0.464 e. The highest BCUT2D eigenvalue weighted by Gasteiger charge is 1.99. The van der Waals surface area contributed by atoms with Crippen LogP contribution in [-0.2, 0) is 11.5 Å². The maximum atomic E-state index is 5.52. The van der Waals surface area contributed by atoms with Crippen LogP contribution in [0.3, 0.4) is 0 Å². The highest BCUT2D eigenvalue weighted by atomic mass is 32.2. The van der Waals surface area contributed by atoms with E-state index in [1.54, 1.807) is 23.5 Å². The van der Waals surface area contributed by atoms with E-state index in [4.69, 9.17) is 4.42 Å². The van der Waals surface area contributed by atoms with Gasteiger partial charge in [-0.2, -0.15) is 23.5 Å². The van der Waals surface area contributed by atoms with Gasteiger partial charge in [-0.15, -0.1) is 0 Å². The zero-order valence-electron chi connectivity index (χ0n) is 6.79. The molecule has 0 amide bonds. The second-order valence-electron chi connectivity index (χ2n) is 2.23. The Labute approximate surface area is 75.9 Å². The van der Waals surface area contributed by atoms with Crippen molar-refractivity contribution in [3.8, 4) is 0 Å². The van der Waals surface area contributed by atoms with Gasteiger partial charge in [0, 0.05) is 0 Å². The summed E-state index contributed by atoms with van der Waals surface area (Å²) in [4.78, 5) is 0. The summed E-state index contributed by atoms with van der Waals surface area (Å²) in [5.41, 5.74) is 0. The third-order valence-corrected chi connectivity index (χ3v) is 2.44. The summed E-state index contributed by atoms with van der Waals surface area (Å²) in [5, 5.41) is 0. The fourth-order valence-electron chi connectivity index (χ4n) is 0.862. The Balaban J connectivity index is 2.51. The molecule has 0 spiro atoms. The molecule has 0 atom stereocenters. The zero-order valence-corrected chi connectivity index (χ0v) is 8.43. The summed E-state index contributed by atoms with van der Waals surface area (Å²) in [5.74, 6) is 4.13. The predicted octanol–water partition coefficient (Wildman–Crippen LogP) is 3.01. The number of furan rings is 1. The number of thioether (sulfide) groups is 2. The Morgan fingerprint density at radius 3 is 1.91 bits per heavy atom. The van der Waals surface area contributed by atoms with Gasteiger partial charge in [0.05, 0.1) is 11.5 Å². The van der Waals surface area contributed by atoms with E-state index in [1.165, 1.54) is 0 Å². The van der Waals surface area contributed by atoms with Gasteiger partial charge in [0.1, 0.15) is 11.5 Å². The van der Waals surface area contributed by atoms with E-state index in [1.807, 2.05) is 0 Å². The maximum absolute atomic E-state index is 5.52. The van der Waals surface area contributed by atoms with Crippen LogP contribution in [0.2, 0.25) is 0 Å². The largest absolute Gasteiger partial charge is 0.464 e. The van der Waals surface area contributed by atoms with Crippen molar-refractivity contribution >= 4 is 23.5 Å². The molecule has 1 rings (SSSR count). The molecule has 0 saturated carbocycles. The summed E-state index contributed by atoms with van der Waals surface area (Å²) in [6.07, 6.45) is 4.16. The van der Waals surface area contributed by atoms with Crippen LogP contribution in [0.4, 0.5) is 0 Å². The van der Waals surface area contributed by atoms with E-state index in [-0.39, 0.29) is 0 Å².